The smallest absolute Gasteiger partial charge is 0.423 e. The second-order valence-corrected chi connectivity index (χ2v) is 3.07. The van der Waals surface area contributed by atoms with Crippen LogP contribution >= 0.6 is 0 Å². The van der Waals surface area contributed by atoms with Gasteiger partial charge >= 0.3 is 12.4 Å². The van der Waals surface area contributed by atoms with Crippen molar-refractivity contribution in [2.75, 3.05) is 6.61 Å². The van der Waals surface area contributed by atoms with Gasteiger partial charge in [-0.1, -0.05) is 6.58 Å². The third-order valence-electron chi connectivity index (χ3n) is 2.01. The first kappa shape index (κ1) is 12.7. The SMILES string of the molecule is C=C1OCC(C(F)(F)F)(C(F)(F)F)NC1=O. The van der Waals surface area contributed by atoms with Crippen LogP contribution in [0.4, 0.5) is 26.3 Å². The number of nitrogens with one attached hydrogen (secondary N) is 1. The van der Waals surface area contributed by atoms with Crippen LogP contribution < -0.4 is 5.32 Å². The van der Waals surface area contributed by atoms with Crippen LogP contribution in [0.1, 0.15) is 0 Å². The zero-order valence-corrected chi connectivity index (χ0v) is 7.50. The molecule has 0 radical (unpaired) electrons. The molecular weight excluding hydrogens is 244 g/mol. The molecule has 0 spiro atoms. The van der Waals surface area contributed by atoms with Crippen LogP contribution in [0, 0.1) is 0 Å². The topological polar surface area (TPSA) is 38.3 Å². The van der Waals surface area contributed by atoms with Gasteiger partial charge in [-0.25, -0.2) is 0 Å². The molecule has 0 saturated carbocycles. The molecule has 1 rings (SSSR count). The second-order valence-electron chi connectivity index (χ2n) is 3.07. The monoisotopic (exact) mass is 249 g/mol. The third-order valence-corrected chi connectivity index (χ3v) is 2.01. The summed E-state index contributed by atoms with van der Waals surface area (Å²) in [6.07, 6.45) is -11.4. The standard InChI is InChI=1S/C7H5F6NO2/c1-3-4(15)14-5(2-16-3,6(8,9)10)7(11,12)13/h1-2H2,(H,14,15). The first-order valence-corrected chi connectivity index (χ1v) is 3.79. The summed E-state index contributed by atoms with van der Waals surface area (Å²) in [4.78, 5) is 10.8. The molecule has 1 saturated heterocycles. The number of halogens is 6. The first-order valence-electron chi connectivity index (χ1n) is 3.79. The highest BCUT2D eigenvalue weighted by Crippen LogP contribution is 2.44. The number of amides is 1. The number of hydrogen-bond donors (Lipinski definition) is 1. The van der Waals surface area contributed by atoms with Gasteiger partial charge < -0.3 is 10.1 Å². The minimum atomic E-state index is -5.71. The summed E-state index contributed by atoms with van der Waals surface area (Å²) >= 11 is 0. The Balaban J connectivity index is 3.19. The molecule has 1 aliphatic heterocycles. The van der Waals surface area contributed by atoms with Crippen LogP contribution in [0.25, 0.3) is 0 Å². The maximum absolute atomic E-state index is 12.3. The third kappa shape index (κ3) is 1.69. The van der Waals surface area contributed by atoms with E-state index >= 15 is 0 Å². The molecule has 0 aromatic rings. The number of carbonyl (C=O) groups is 1. The lowest BCUT2D eigenvalue weighted by molar-refractivity contribution is -0.318. The number of hydrogen-bond acceptors (Lipinski definition) is 2. The summed E-state index contributed by atoms with van der Waals surface area (Å²) in [5, 5.41) is 0.846. The van der Waals surface area contributed by atoms with Crippen LogP contribution in [-0.2, 0) is 9.53 Å². The summed E-state index contributed by atoms with van der Waals surface area (Å²) in [5.74, 6) is -2.43. The number of carbonyl (C=O) groups excluding carboxylic acids is 1. The minimum Gasteiger partial charge on any atom is -0.485 e. The molecule has 0 aromatic heterocycles. The summed E-state index contributed by atoms with van der Waals surface area (Å²) in [7, 11) is 0. The lowest BCUT2D eigenvalue weighted by Crippen LogP contribution is -2.72. The highest BCUT2D eigenvalue weighted by molar-refractivity contribution is 5.92. The van der Waals surface area contributed by atoms with E-state index in [1.54, 1.807) is 0 Å². The number of alkyl halides is 6. The van der Waals surface area contributed by atoms with Gasteiger partial charge in [-0.3, -0.25) is 4.79 Å². The van der Waals surface area contributed by atoms with Crippen molar-refractivity contribution in [1.82, 2.24) is 5.32 Å². The van der Waals surface area contributed by atoms with Crippen LogP contribution in [0.15, 0.2) is 12.3 Å². The van der Waals surface area contributed by atoms with Crippen LogP contribution in [-0.4, -0.2) is 30.4 Å². The lowest BCUT2D eigenvalue weighted by Gasteiger charge is -2.40. The van der Waals surface area contributed by atoms with E-state index in [2.05, 4.69) is 11.3 Å². The van der Waals surface area contributed by atoms with Gasteiger partial charge in [0.15, 0.2) is 5.76 Å². The first-order chi connectivity index (χ1) is 7.01. The van der Waals surface area contributed by atoms with Crippen molar-refractivity contribution in [3.8, 4) is 0 Å². The van der Waals surface area contributed by atoms with Gasteiger partial charge in [0.2, 0.25) is 0 Å². The van der Waals surface area contributed by atoms with Gasteiger partial charge in [-0.05, 0) is 0 Å². The van der Waals surface area contributed by atoms with E-state index in [1.165, 1.54) is 0 Å². The van der Waals surface area contributed by atoms with Gasteiger partial charge in [0, 0.05) is 0 Å². The molecule has 1 fully saturated rings. The number of ether oxygens (including phenoxy) is 1. The van der Waals surface area contributed by atoms with Crippen molar-refractivity contribution in [3.05, 3.63) is 12.3 Å². The summed E-state index contributed by atoms with van der Waals surface area (Å²) < 4.78 is 78.1. The van der Waals surface area contributed by atoms with E-state index in [0.717, 1.165) is 5.32 Å². The van der Waals surface area contributed by atoms with Gasteiger partial charge in [-0.15, -0.1) is 0 Å². The van der Waals surface area contributed by atoms with Crippen LogP contribution in [0.5, 0.6) is 0 Å². The van der Waals surface area contributed by atoms with Crippen molar-refractivity contribution < 1.29 is 35.9 Å². The predicted octanol–water partition coefficient (Wildman–Crippen LogP) is 1.51. The van der Waals surface area contributed by atoms with Crippen LogP contribution in [0.2, 0.25) is 0 Å². The fourth-order valence-electron chi connectivity index (χ4n) is 1.03. The molecule has 1 N–H and O–H groups in total. The molecule has 1 heterocycles. The minimum absolute atomic E-state index is 0.788. The second kappa shape index (κ2) is 3.29. The maximum Gasteiger partial charge on any atom is 0.423 e. The molecule has 0 aromatic carbocycles. The number of rotatable bonds is 0. The molecule has 1 amide bonds. The normalized spacial score (nSPS) is 21.4. The predicted molar refractivity (Wildman–Crippen MR) is 38.1 cm³/mol. The van der Waals surface area contributed by atoms with Gasteiger partial charge in [0.05, 0.1) is 0 Å². The van der Waals surface area contributed by atoms with Crippen LogP contribution in [0.3, 0.4) is 0 Å². The van der Waals surface area contributed by atoms with E-state index in [4.69, 9.17) is 0 Å². The summed E-state index contributed by atoms with van der Waals surface area (Å²) in [6, 6.07) is 0. The largest absolute Gasteiger partial charge is 0.485 e. The van der Waals surface area contributed by atoms with E-state index in [0.29, 0.717) is 0 Å². The molecule has 0 atom stereocenters. The van der Waals surface area contributed by atoms with E-state index in [1.807, 2.05) is 0 Å². The summed E-state index contributed by atoms with van der Waals surface area (Å²) in [6.45, 7) is 1.08. The fourth-order valence-corrected chi connectivity index (χ4v) is 1.03. The molecule has 0 bridgehead atoms. The molecule has 9 heteroatoms. The van der Waals surface area contributed by atoms with Crippen molar-refractivity contribution >= 4 is 5.91 Å². The molecule has 92 valence electrons. The molecule has 3 nitrogen and oxygen atoms in total. The Kier molecular flexibility index (Phi) is 2.60. The molecule has 16 heavy (non-hydrogen) atoms. The highest BCUT2D eigenvalue weighted by atomic mass is 19.4. The zero-order chi connectivity index (χ0) is 12.8. The molecular formula is C7H5F6NO2. The highest BCUT2D eigenvalue weighted by Gasteiger charge is 2.73. The maximum atomic E-state index is 12.3. The summed E-state index contributed by atoms with van der Waals surface area (Å²) in [5.41, 5.74) is -4.38. The molecule has 0 unspecified atom stereocenters. The quantitative estimate of drug-likeness (QED) is 0.522. The molecule has 0 aliphatic carbocycles. The van der Waals surface area contributed by atoms with E-state index in [-0.39, 0.29) is 0 Å². The average molecular weight is 249 g/mol. The van der Waals surface area contributed by atoms with Crippen molar-refractivity contribution in [1.29, 1.82) is 0 Å². The van der Waals surface area contributed by atoms with E-state index < -0.39 is 36.2 Å². The van der Waals surface area contributed by atoms with Gasteiger partial charge in [0.25, 0.3) is 11.4 Å². The fraction of sp³-hybridized carbons (Fsp3) is 0.571. The van der Waals surface area contributed by atoms with Crippen molar-refractivity contribution in [3.63, 3.8) is 0 Å². The van der Waals surface area contributed by atoms with Gasteiger partial charge in [-0.2, -0.15) is 26.3 Å². The number of morpholine rings is 1. The Bertz CT molecular complexity index is 317. The lowest BCUT2D eigenvalue weighted by atomic mass is 9.97. The van der Waals surface area contributed by atoms with Gasteiger partial charge in [0.1, 0.15) is 6.61 Å². The Labute approximate surface area is 85.1 Å². The van der Waals surface area contributed by atoms with Crippen molar-refractivity contribution in [2.24, 2.45) is 0 Å². The Morgan fingerprint density at radius 1 is 1.19 bits per heavy atom. The Morgan fingerprint density at radius 2 is 1.62 bits per heavy atom. The average Bonchev–Trinajstić information content (AvgIpc) is 2.05. The molecule has 1 aliphatic rings. The van der Waals surface area contributed by atoms with Crippen molar-refractivity contribution in [2.45, 2.75) is 17.9 Å². The Morgan fingerprint density at radius 3 is 1.94 bits per heavy atom. The zero-order valence-electron chi connectivity index (χ0n) is 7.50. The van der Waals surface area contributed by atoms with E-state index in [9.17, 15) is 31.1 Å². The Hall–Kier alpha value is -1.41.